The van der Waals surface area contributed by atoms with E-state index < -0.39 is 6.04 Å². The first-order valence-electron chi connectivity index (χ1n) is 11.0. The second-order valence-corrected chi connectivity index (χ2v) is 8.60. The van der Waals surface area contributed by atoms with E-state index in [1.807, 2.05) is 36.4 Å². The minimum absolute atomic E-state index is 0.172. The zero-order valence-corrected chi connectivity index (χ0v) is 19.1. The number of benzene rings is 3. The van der Waals surface area contributed by atoms with Crippen LogP contribution in [0.5, 0.6) is 0 Å². The van der Waals surface area contributed by atoms with E-state index >= 15 is 0 Å². The number of hydrogen-bond acceptors (Lipinski definition) is 3. The van der Waals surface area contributed by atoms with Crippen LogP contribution in [0.1, 0.15) is 36.9 Å². The summed E-state index contributed by atoms with van der Waals surface area (Å²) in [6.45, 7) is 1.76. The predicted octanol–water partition coefficient (Wildman–Crippen LogP) is 6.08. The first kappa shape index (κ1) is 22.0. The van der Waals surface area contributed by atoms with Gasteiger partial charge in [0.2, 0.25) is 5.91 Å². The molecule has 5 rings (SSSR count). The Hall–Kier alpha value is -3.77. The first-order valence-corrected chi connectivity index (χ1v) is 11.4. The maximum atomic E-state index is 13.5. The fourth-order valence-corrected chi connectivity index (χ4v) is 4.56. The first-order chi connectivity index (χ1) is 16.5. The van der Waals surface area contributed by atoms with Gasteiger partial charge in [-0.2, -0.15) is 5.10 Å². The van der Waals surface area contributed by atoms with E-state index in [1.165, 1.54) is 17.1 Å². The van der Waals surface area contributed by atoms with Gasteiger partial charge < -0.3 is 4.98 Å². The SMILES string of the molecule is CCC(=O)N1N=C(c2c(-c3ccc(Cl)cc3)c3ccccc3[nH]c2=O)CC1c1ccc(F)cc1. The standard InChI is InChI=1S/C27H21ClFN3O2/c1-2-24(33)32-23(16-9-13-19(29)14-10-16)15-22(31-32)26-25(17-7-11-18(28)12-8-17)20-5-3-4-6-21(20)30-27(26)34/h3-14,23H,2,15H2,1H3,(H,30,34). The number of carbonyl (C=O) groups is 1. The highest BCUT2D eigenvalue weighted by Crippen LogP contribution is 2.37. The molecule has 2 heterocycles. The van der Waals surface area contributed by atoms with Gasteiger partial charge in [0, 0.05) is 34.3 Å². The summed E-state index contributed by atoms with van der Waals surface area (Å²) in [6.07, 6.45) is 0.589. The summed E-state index contributed by atoms with van der Waals surface area (Å²) in [7, 11) is 0. The smallest absolute Gasteiger partial charge is 0.258 e. The highest BCUT2D eigenvalue weighted by Gasteiger charge is 2.34. The number of aromatic amines is 1. The van der Waals surface area contributed by atoms with Crippen molar-refractivity contribution in [1.29, 1.82) is 0 Å². The molecule has 1 amide bonds. The summed E-state index contributed by atoms with van der Waals surface area (Å²) in [5, 5.41) is 7.51. The lowest BCUT2D eigenvalue weighted by Gasteiger charge is -2.21. The van der Waals surface area contributed by atoms with Crippen LogP contribution in [0, 0.1) is 5.82 Å². The third-order valence-electron chi connectivity index (χ3n) is 6.07. The zero-order chi connectivity index (χ0) is 23.8. The third kappa shape index (κ3) is 3.90. The maximum absolute atomic E-state index is 13.5. The van der Waals surface area contributed by atoms with Crippen molar-refractivity contribution in [3.8, 4) is 11.1 Å². The van der Waals surface area contributed by atoms with Gasteiger partial charge in [-0.05, 0) is 41.5 Å². The normalized spacial score (nSPS) is 15.6. The number of nitrogens with zero attached hydrogens (tertiary/aromatic N) is 2. The Balaban J connectivity index is 1.72. The summed E-state index contributed by atoms with van der Waals surface area (Å²) in [5.41, 5.74) is 3.66. The number of pyridine rings is 1. The summed E-state index contributed by atoms with van der Waals surface area (Å²) in [6, 6.07) is 20.5. The van der Waals surface area contributed by atoms with E-state index in [1.54, 1.807) is 31.2 Å². The van der Waals surface area contributed by atoms with Crippen LogP contribution in [0.15, 0.2) is 82.7 Å². The predicted molar refractivity (Wildman–Crippen MR) is 132 cm³/mol. The monoisotopic (exact) mass is 473 g/mol. The van der Waals surface area contributed by atoms with Crippen LogP contribution in [0.25, 0.3) is 22.0 Å². The molecule has 0 bridgehead atoms. The third-order valence-corrected chi connectivity index (χ3v) is 6.32. The largest absolute Gasteiger partial charge is 0.321 e. The van der Waals surface area contributed by atoms with Crippen LogP contribution >= 0.6 is 11.6 Å². The van der Waals surface area contributed by atoms with Crippen LogP contribution < -0.4 is 5.56 Å². The number of fused-ring (bicyclic) bond motifs is 1. The Labute approximate surface area is 200 Å². The summed E-state index contributed by atoms with van der Waals surface area (Å²) in [5.74, 6) is -0.526. The van der Waals surface area contributed by atoms with Crippen molar-refractivity contribution in [3.05, 3.63) is 105 Å². The number of carbonyl (C=O) groups excluding carboxylic acids is 1. The van der Waals surface area contributed by atoms with Gasteiger partial charge in [-0.3, -0.25) is 9.59 Å². The maximum Gasteiger partial charge on any atom is 0.258 e. The van der Waals surface area contributed by atoms with E-state index in [2.05, 4.69) is 10.1 Å². The van der Waals surface area contributed by atoms with Crippen LogP contribution in [0.2, 0.25) is 5.02 Å². The molecule has 3 aromatic carbocycles. The molecular weight excluding hydrogens is 453 g/mol. The highest BCUT2D eigenvalue weighted by atomic mass is 35.5. The number of hydrazone groups is 1. The average Bonchev–Trinajstić information content (AvgIpc) is 3.28. The molecule has 5 nitrogen and oxygen atoms in total. The lowest BCUT2D eigenvalue weighted by molar-refractivity contribution is -0.132. The fraction of sp³-hybridized carbons (Fsp3) is 0.148. The molecular formula is C27H21ClFN3O2. The number of rotatable bonds is 4. The molecule has 0 radical (unpaired) electrons. The van der Waals surface area contributed by atoms with Crippen molar-refractivity contribution in [1.82, 2.24) is 9.99 Å². The molecule has 170 valence electrons. The Bertz CT molecular complexity index is 1480. The van der Waals surface area contributed by atoms with Crippen molar-refractivity contribution < 1.29 is 9.18 Å². The molecule has 1 atom stereocenters. The second kappa shape index (κ2) is 8.88. The second-order valence-electron chi connectivity index (χ2n) is 8.17. The molecule has 0 saturated heterocycles. The molecule has 1 aromatic heterocycles. The van der Waals surface area contributed by atoms with Gasteiger partial charge in [-0.25, -0.2) is 9.40 Å². The van der Waals surface area contributed by atoms with Gasteiger partial charge in [0.05, 0.1) is 17.3 Å². The zero-order valence-electron chi connectivity index (χ0n) is 18.4. The molecule has 1 N–H and O–H groups in total. The molecule has 1 unspecified atom stereocenters. The van der Waals surface area contributed by atoms with Crippen molar-refractivity contribution in [3.63, 3.8) is 0 Å². The minimum atomic E-state index is -0.424. The molecule has 4 aromatic rings. The average molecular weight is 474 g/mol. The van der Waals surface area contributed by atoms with Gasteiger partial charge in [0.15, 0.2) is 0 Å². The van der Waals surface area contributed by atoms with Gasteiger partial charge >= 0.3 is 0 Å². The van der Waals surface area contributed by atoms with E-state index in [-0.39, 0.29) is 23.7 Å². The van der Waals surface area contributed by atoms with Gasteiger partial charge in [0.1, 0.15) is 5.82 Å². The van der Waals surface area contributed by atoms with E-state index in [0.29, 0.717) is 28.2 Å². The molecule has 34 heavy (non-hydrogen) atoms. The van der Waals surface area contributed by atoms with Crippen LogP contribution in [0.4, 0.5) is 4.39 Å². The Morgan fingerprint density at radius 3 is 2.47 bits per heavy atom. The number of para-hydroxylation sites is 1. The molecule has 1 aliphatic heterocycles. The van der Waals surface area contributed by atoms with E-state index in [9.17, 15) is 14.0 Å². The Morgan fingerprint density at radius 1 is 1.06 bits per heavy atom. The minimum Gasteiger partial charge on any atom is -0.321 e. The van der Waals surface area contributed by atoms with Crippen LogP contribution in [-0.2, 0) is 4.79 Å². The number of hydrogen-bond donors (Lipinski definition) is 1. The fourth-order valence-electron chi connectivity index (χ4n) is 4.43. The van der Waals surface area contributed by atoms with Crippen molar-refractivity contribution in [2.24, 2.45) is 5.10 Å². The lowest BCUT2D eigenvalue weighted by Crippen LogP contribution is -2.26. The van der Waals surface area contributed by atoms with Crippen LogP contribution in [-0.4, -0.2) is 21.6 Å². The quantitative estimate of drug-likeness (QED) is 0.390. The van der Waals surface area contributed by atoms with Crippen molar-refractivity contribution in [2.75, 3.05) is 0 Å². The highest BCUT2D eigenvalue weighted by molar-refractivity contribution is 6.30. The Kier molecular flexibility index (Phi) is 5.75. The number of H-pyrrole nitrogens is 1. The number of aromatic nitrogens is 1. The number of halogens is 2. The molecule has 0 fully saturated rings. The van der Waals surface area contributed by atoms with Crippen molar-refractivity contribution in [2.45, 2.75) is 25.8 Å². The molecule has 0 saturated carbocycles. The summed E-state index contributed by atoms with van der Waals surface area (Å²) in [4.78, 5) is 29.1. The van der Waals surface area contributed by atoms with Crippen molar-refractivity contribution >= 4 is 34.1 Å². The summed E-state index contributed by atoms with van der Waals surface area (Å²) >= 11 is 6.12. The molecule has 7 heteroatoms. The topological polar surface area (TPSA) is 65.5 Å². The van der Waals surface area contributed by atoms with Crippen LogP contribution in [0.3, 0.4) is 0 Å². The molecule has 1 aliphatic rings. The molecule has 0 aliphatic carbocycles. The van der Waals surface area contributed by atoms with Gasteiger partial charge in [-0.1, -0.05) is 61.0 Å². The number of nitrogens with one attached hydrogen (secondary N) is 1. The lowest BCUT2D eigenvalue weighted by atomic mass is 9.91. The van der Waals surface area contributed by atoms with Gasteiger partial charge in [-0.15, -0.1) is 0 Å². The Morgan fingerprint density at radius 2 is 1.76 bits per heavy atom. The number of amides is 1. The van der Waals surface area contributed by atoms with Gasteiger partial charge in [0.25, 0.3) is 5.56 Å². The molecule has 0 spiro atoms. The van der Waals surface area contributed by atoms with E-state index in [0.717, 1.165) is 22.1 Å². The summed E-state index contributed by atoms with van der Waals surface area (Å²) < 4.78 is 13.5. The van der Waals surface area contributed by atoms with E-state index in [4.69, 9.17) is 11.6 Å².